The zero-order chi connectivity index (χ0) is 20.7. The maximum absolute atomic E-state index is 12.9. The van der Waals surface area contributed by atoms with Crippen LogP contribution in [0.25, 0.3) is 0 Å². The first kappa shape index (κ1) is 19.5. The van der Waals surface area contributed by atoms with Crippen molar-refractivity contribution in [3.05, 3.63) is 53.1 Å². The highest BCUT2D eigenvalue weighted by molar-refractivity contribution is 5.96. The smallest absolute Gasteiger partial charge is 0.416 e. The number of nitrogens with one attached hydrogen (secondary N) is 1. The van der Waals surface area contributed by atoms with Crippen LogP contribution in [0.5, 0.6) is 11.5 Å². The molecule has 148 valence electrons. The van der Waals surface area contributed by atoms with Crippen LogP contribution in [-0.4, -0.2) is 18.5 Å². The molecule has 28 heavy (non-hydrogen) atoms. The summed E-state index contributed by atoms with van der Waals surface area (Å²) < 4.78 is 87.2. The Bertz CT molecular complexity index is 919. The first-order valence-corrected chi connectivity index (χ1v) is 7.52. The van der Waals surface area contributed by atoms with Crippen molar-refractivity contribution in [3.8, 4) is 11.5 Å². The van der Waals surface area contributed by atoms with Crippen molar-refractivity contribution < 1.29 is 45.4 Å². The molecule has 3 rings (SSSR count). The number of rotatable bonds is 2. The molecule has 1 amide bonds. The van der Waals surface area contributed by atoms with E-state index in [1.54, 1.807) is 0 Å². The number of carbonyl (C=O) groups is 2. The van der Waals surface area contributed by atoms with E-state index in [1.807, 2.05) is 0 Å². The number of hydrogen-bond donors (Lipinski definition) is 1. The van der Waals surface area contributed by atoms with E-state index >= 15 is 0 Å². The summed E-state index contributed by atoms with van der Waals surface area (Å²) in [6.45, 7) is -0.299. The SMILES string of the molecule is O=C1COc2cc(OC(=O)c3cc(C(F)(F)F)cc(C(F)(F)F)c3)ccc2N1. The topological polar surface area (TPSA) is 64.6 Å². The fourth-order valence-corrected chi connectivity index (χ4v) is 2.36. The van der Waals surface area contributed by atoms with Gasteiger partial charge in [-0.2, -0.15) is 26.3 Å². The molecular weight excluding hydrogens is 396 g/mol. The number of esters is 1. The summed E-state index contributed by atoms with van der Waals surface area (Å²) in [5, 5.41) is 2.47. The van der Waals surface area contributed by atoms with Crippen molar-refractivity contribution in [1.29, 1.82) is 0 Å². The first-order chi connectivity index (χ1) is 12.9. The predicted octanol–water partition coefficient (Wildman–Crippen LogP) is 4.27. The third-order valence-electron chi connectivity index (χ3n) is 3.62. The van der Waals surface area contributed by atoms with E-state index in [4.69, 9.17) is 9.47 Å². The van der Waals surface area contributed by atoms with E-state index in [2.05, 4.69) is 5.32 Å². The van der Waals surface area contributed by atoms with Gasteiger partial charge in [0, 0.05) is 6.07 Å². The van der Waals surface area contributed by atoms with E-state index < -0.39 is 40.9 Å². The number of anilines is 1. The van der Waals surface area contributed by atoms with E-state index in [-0.39, 0.29) is 42.0 Å². The number of ether oxygens (including phenoxy) is 2. The summed E-state index contributed by atoms with van der Waals surface area (Å²) >= 11 is 0. The Morgan fingerprint density at radius 3 is 2.14 bits per heavy atom. The van der Waals surface area contributed by atoms with Gasteiger partial charge < -0.3 is 14.8 Å². The van der Waals surface area contributed by atoms with E-state index in [0.717, 1.165) is 0 Å². The van der Waals surface area contributed by atoms with Gasteiger partial charge in [0.25, 0.3) is 5.91 Å². The maximum atomic E-state index is 12.9. The van der Waals surface area contributed by atoms with Crippen molar-refractivity contribution in [2.24, 2.45) is 0 Å². The Morgan fingerprint density at radius 1 is 0.964 bits per heavy atom. The predicted molar refractivity (Wildman–Crippen MR) is 82.0 cm³/mol. The van der Waals surface area contributed by atoms with Crippen LogP contribution < -0.4 is 14.8 Å². The molecule has 0 aromatic heterocycles. The fraction of sp³-hybridized carbons (Fsp3) is 0.176. The van der Waals surface area contributed by atoms with Gasteiger partial charge in [0.15, 0.2) is 6.61 Å². The van der Waals surface area contributed by atoms with Crippen LogP contribution >= 0.6 is 0 Å². The molecule has 1 N–H and O–H groups in total. The van der Waals surface area contributed by atoms with E-state index in [0.29, 0.717) is 0 Å². The minimum absolute atomic E-state index is 0.0911. The van der Waals surface area contributed by atoms with Crippen molar-refractivity contribution in [1.82, 2.24) is 0 Å². The van der Waals surface area contributed by atoms with E-state index in [1.165, 1.54) is 18.2 Å². The zero-order valence-electron chi connectivity index (χ0n) is 13.6. The second-order valence-corrected chi connectivity index (χ2v) is 5.68. The average Bonchev–Trinajstić information content (AvgIpc) is 2.60. The number of fused-ring (bicyclic) bond motifs is 1. The van der Waals surface area contributed by atoms with Crippen LogP contribution in [-0.2, 0) is 17.1 Å². The van der Waals surface area contributed by atoms with E-state index in [9.17, 15) is 35.9 Å². The number of hydrogen-bond acceptors (Lipinski definition) is 4. The van der Waals surface area contributed by atoms with Crippen LogP contribution in [0.2, 0.25) is 0 Å². The van der Waals surface area contributed by atoms with Gasteiger partial charge in [-0.25, -0.2) is 4.79 Å². The van der Waals surface area contributed by atoms with Gasteiger partial charge in [0.05, 0.1) is 22.4 Å². The number of halogens is 6. The third kappa shape index (κ3) is 4.18. The van der Waals surface area contributed by atoms with Crippen LogP contribution in [0.3, 0.4) is 0 Å². The van der Waals surface area contributed by atoms with Gasteiger partial charge in [-0.15, -0.1) is 0 Å². The quantitative estimate of drug-likeness (QED) is 0.460. The molecule has 0 saturated carbocycles. The van der Waals surface area contributed by atoms with Gasteiger partial charge >= 0.3 is 18.3 Å². The minimum Gasteiger partial charge on any atom is -0.481 e. The second-order valence-electron chi connectivity index (χ2n) is 5.68. The summed E-state index contributed by atoms with van der Waals surface area (Å²) in [4.78, 5) is 23.3. The maximum Gasteiger partial charge on any atom is 0.416 e. The molecular formula is C17H9F6NO4. The Morgan fingerprint density at radius 2 is 1.57 bits per heavy atom. The largest absolute Gasteiger partial charge is 0.481 e. The van der Waals surface area contributed by atoms with Gasteiger partial charge in [-0.1, -0.05) is 0 Å². The summed E-state index contributed by atoms with van der Waals surface area (Å²) in [5.41, 5.74) is -3.92. The molecule has 0 saturated heterocycles. The molecule has 2 aromatic carbocycles. The Balaban J connectivity index is 1.91. The minimum atomic E-state index is -5.09. The molecule has 5 nitrogen and oxygen atoms in total. The van der Waals surface area contributed by atoms with Crippen LogP contribution in [0.4, 0.5) is 32.0 Å². The number of alkyl halides is 6. The molecule has 0 fully saturated rings. The number of benzene rings is 2. The van der Waals surface area contributed by atoms with Crippen LogP contribution in [0.1, 0.15) is 21.5 Å². The Hall–Kier alpha value is -3.24. The average molecular weight is 405 g/mol. The number of carbonyl (C=O) groups excluding carboxylic acids is 2. The summed E-state index contributed by atoms with van der Waals surface area (Å²) in [6, 6.07) is 4.13. The van der Waals surface area contributed by atoms with Crippen LogP contribution in [0, 0.1) is 0 Å². The summed E-state index contributed by atoms with van der Waals surface area (Å²) in [5.74, 6) is -1.90. The van der Waals surface area contributed by atoms with Gasteiger partial charge in [-0.05, 0) is 30.3 Å². The first-order valence-electron chi connectivity index (χ1n) is 7.52. The Labute approximate surface area is 152 Å². The van der Waals surface area contributed by atoms with Gasteiger partial charge in [0.2, 0.25) is 0 Å². The highest BCUT2D eigenvalue weighted by Crippen LogP contribution is 2.37. The normalized spacial score (nSPS) is 14.0. The lowest BCUT2D eigenvalue weighted by Crippen LogP contribution is -2.25. The lowest BCUT2D eigenvalue weighted by Gasteiger charge is -2.18. The van der Waals surface area contributed by atoms with Crippen LogP contribution in [0.15, 0.2) is 36.4 Å². The third-order valence-corrected chi connectivity index (χ3v) is 3.62. The van der Waals surface area contributed by atoms with Crippen molar-refractivity contribution in [3.63, 3.8) is 0 Å². The molecule has 1 heterocycles. The Kier molecular flexibility index (Phi) is 4.69. The van der Waals surface area contributed by atoms with Gasteiger partial charge in [-0.3, -0.25) is 4.79 Å². The monoisotopic (exact) mass is 405 g/mol. The molecule has 0 radical (unpaired) electrons. The molecule has 1 aliphatic rings. The molecule has 2 aromatic rings. The molecule has 1 aliphatic heterocycles. The van der Waals surface area contributed by atoms with Crippen molar-refractivity contribution in [2.45, 2.75) is 12.4 Å². The second kappa shape index (κ2) is 6.73. The number of amides is 1. The summed E-state index contributed by atoms with van der Waals surface area (Å²) in [6.07, 6.45) is -10.2. The fourth-order valence-electron chi connectivity index (χ4n) is 2.36. The van der Waals surface area contributed by atoms with Crippen molar-refractivity contribution >= 4 is 17.6 Å². The molecule has 0 bridgehead atoms. The lowest BCUT2D eigenvalue weighted by atomic mass is 10.0. The zero-order valence-corrected chi connectivity index (χ0v) is 13.6. The summed E-state index contributed by atoms with van der Waals surface area (Å²) in [7, 11) is 0. The lowest BCUT2D eigenvalue weighted by molar-refractivity contribution is -0.143. The molecule has 0 atom stereocenters. The van der Waals surface area contributed by atoms with Crippen molar-refractivity contribution in [2.75, 3.05) is 11.9 Å². The van der Waals surface area contributed by atoms with Gasteiger partial charge in [0.1, 0.15) is 11.5 Å². The molecule has 11 heteroatoms. The molecule has 0 aliphatic carbocycles. The highest BCUT2D eigenvalue weighted by atomic mass is 19.4. The highest BCUT2D eigenvalue weighted by Gasteiger charge is 2.37. The molecule has 0 spiro atoms. The standard InChI is InChI=1S/C17H9F6NO4/c18-16(19,20)9-3-8(4-10(5-9)17(21,22)23)15(26)28-11-1-2-12-13(6-11)27-7-14(25)24-12/h1-6H,7H2,(H,24,25). The molecule has 0 unspecified atom stereocenters.